The standard InChI is InChI=1S/C16H21F2N3/c1-2-11-8-20-16-14(19)7-6-10(9-21(11)16)12-4-3-5-13(17)15(12)18/h3-5,10-11,14H,2,6-9,19H2,1H3/t10-,11?,14-/m1/s1. The molecule has 2 aliphatic heterocycles. The summed E-state index contributed by atoms with van der Waals surface area (Å²) < 4.78 is 27.6. The van der Waals surface area contributed by atoms with Gasteiger partial charge in [0.05, 0.1) is 12.6 Å². The number of nitrogens with two attached hydrogens (primary N) is 1. The van der Waals surface area contributed by atoms with Crippen LogP contribution in [0.15, 0.2) is 23.2 Å². The Balaban J connectivity index is 1.91. The monoisotopic (exact) mass is 293 g/mol. The van der Waals surface area contributed by atoms with Gasteiger partial charge >= 0.3 is 0 Å². The molecule has 0 spiro atoms. The Hall–Kier alpha value is -1.49. The maximum atomic E-state index is 14.1. The van der Waals surface area contributed by atoms with Gasteiger partial charge in [-0.1, -0.05) is 19.1 Å². The molecule has 3 atom stereocenters. The summed E-state index contributed by atoms with van der Waals surface area (Å²) in [7, 11) is 0. The molecule has 2 N–H and O–H groups in total. The lowest BCUT2D eigenvalue weighted by Crippen LogP contribution is -2.44. The zero-order valence-electron chi connectivity index (χ0n) is 12.2. The van der Waals surface area contributed by atoms with Crippen LogP contribution in [0.3, 0.4) is 0 Å². The van der Waals surface area contributed by atoms with Crippen molar-refractivity contribution in [2.24, 2.45) is 10.7 Å². The van der Waals surface area contributed by atoms with E-state index in [1.54, 1.807) is 12.1 Å². The van der Waals surface area contributed by atoms with E-state index in [1.165, 1.54) is 6.07 Å². The number of hydrogen-bond acceptors (Lipinski definition) is 3. The molecular formula is C16H21F2N3. The lowest BCUT2D eigenvalue weighted by atomic mass is 9.93. The Labute approximate surface area is 123 Å². The van der Waals surface area contributed by atoms with Gasteiger partial charge in [-0.2, -0.15) is 0 Å². The van der Waals surface area contributed by atoms with E-state index in [2.05, 4.69) is 16.8 Å². The Morgan fingerprint density at radius 2 is 2.14 bits per heavy atom. The Morgan fingerprint density at radius 1 is 1.33 bits per heavy atom. The third-order valence-electron chi connectivity index (χ3n) is 4.67. The molecule has 0 saturated carbocycles. The van der Waals surface area contributed by atoms with Crippen molar-refractivity contribution in [3.05, 3.63) is 35.4 Å². The molecule has 1 aromatic rings. The van der Waals surface area contributed by atoms with Crippen molar-refractivity contribution < 1.29 is 8.78 Å². The third-order valence-corrected chi connectivity index (χ3v) is 4.67. The van der Waals surface area contributed by atoms with Gasteiger partial charge in [-0.05, 0) is 30.9 Å². The lowest BCUT2D eigenvalue weighted by molar-refractivity contribution is 0.311. The van der Waals surface area contributed by atoms with Crippen LogP contribution in [0.4, 0.5) is 8.78 Å². The van der Waals surface area contributed by atoms with E-state index in [1.807, 2.05) is 0 Å². The average molecular weight is 293 g/mol. The van der Waals surface area contributed by atoms with Crippen LogP contribution in [0.1, 0.15) is 37.7 Å². The number of benzene rings is 1. The highest BCUT2D eigenvalue weighted by Gasteiger charge is 2.35. The predicted octanol–water partition coefficient (Wildman–Crippen LogP) is 2.66. The topological polar surface area (TPSA) is 41.6 Å². The molecule has 0 aromatic heterocycles. The van der Waals surface area contributed by atoms with E-state index >= 15 is 0 Å². The maximum absolute atomic E-state index is 14.1. The van der Waals surface area contributed by atoms with E-state index in [9.17, 15) is 8.78 Å². The minimum absolute atomic E-state index is 0.0356. The first-order valence-electron chi connectivity index (χ1n) is 7.62. The molecule has 3 rings (SSSR count). The van der Waals surface area contributed by atoms with Gasteiger partial charge in [0.25, 0.3) is 0 Å². The van der Waals surface area contributed by atoms with Crippen LogP contribution >= 0.6 is 0 Å². The van der Waals surface area contributed by atoms with Crippen LogP contribution in [-0.2, 0) is 0 Å². The van der Waals surface area contributed by atoms with Crippen molar-refractivity contribution >= 4 is 5.84 Å². The van der Waals surface area contributed by atoms with E-state index < -0.39 is 11.6 Å². The zero-order chi connectivity index (χ0) is 15.0. The Morgan fingerprint density at radius 3 is 2.90 bits per heavy atom. The summed E-state index contributed by atoms with van der Waals surface area (Å²) in [6.45, 7) is 3.56. The number of rotatable bonds is 2. The Bertz CT molecular complexity index is 558. The van der Waals surface area contributed by atoms with Gasteiger partial charge < -0.3 is 10.6 Å². The molecule has 0 aliphatic carbocycles. The molecule has 1 aromatic carbocycles. The predicted molar refractivity (Wildman–Crippen MR) is 79.4 cm³/mol. The number of aliphatic imine (C=N–C) groups is 1. The maximum Gasteiger partial charge on any atom is 0.162 e. The zero-order valence-corrected chi connectivity index (χ0v) is 12.2. The molecule has 5 heteroatoms. The highest BCUT2D eigenvalue weighted by Crippen LogP contribution is 2.32. The normalized spacial score (nSPS) is 29.0. The first-order chi connectivity index (χ1) is 10.1. The van der Waals surface area contributed by atoms with E-state index in [0.717, 1.165) is 31.6 Å². The summed E-state index contributed by atoms with van der Waals surface area (Å²) in [6, 6.07) is 4.67. The number of nitrogens with zero attached hydrogens (tertiary/aromatic N) is 2. The fraction of sp³-hybridized carbons (Fsp3) is 0.562. The quantitative estimate of drug-likeness (QED) is 0.911. The summed E-state index contributed by atoms with van der Waals surface area (Å²) in [4.78, 5) is 6.78. The second kappa shape index (κ2) is 5.72. The number of fused-ring (bicyclic) bond motifs is 1. The van der Waals surface area contributed by atoms with Crippen LogP contribution in [0, 0.1) is 11.6 Å². The van der Waals surface area contributed by atoms with Gasteiger partial charge in [-0.3, -0.25) is 4.99 Å². The van der Waals surface area contributed by atoms with Crippen molar-refractivity contribution in [3.8, 4) is 0 Å². The minimum Gasteiger partial charge on any atom is -0.354 e. The first kappa shape index (κ1) is 14.4. The highest BCUT2D eigenvalue weighted by atomic mass is 19.2. The van der Waals surface area contributed by atoms with E-state index in [-0.39, 0.29) is 12.0 Å². The van der Waals surface area contributed by atoms with Gasteiger partial charge in [0.2, 0.25) is 0 Å². The summed E-state index contributed by atoms with van der Waals surface area (Å²) in [5, 5.41) is 0. The summed E-state index contributed by atoms with van der Waals surface area (Å²) in [5.74, 6) is -0.583. The van der Waals surface area contributed by atoms with Gasteiger partial charge in [-0.15, -0.1) is 0 Å². The second-order valence-electron chi connectivity index (χ2n) is 5.94. The van der Waals surface area contributed by atoms with Gasteiger partial charge in [0, 0.05) is 18.5 Å². The molecule has 21 heavy (non-hydrogen) atoms. The highest BCUT2D eigenvalue weighted by molar-refractivity contribution is 5.89. The SMILES string of the molecule is CCC1CN=C2[C@H](N)CC[C@@H](c3cccc(F)c3F)CN21. The molecule has 2 aliphatic rings. The summed E-state index contributed by atoms with van der Waals surface area (Å²) in [5.41, 5.74) is 6.67. The number of halogens is 2. The van der Waals surface area contributed by atoms with Crippen molar-refractivity contribution in [3.63, 3.8) is 0 Å². The molecule has 114 valence electrons. The minimum atomic E-state index is -0.775. The number of amidine groups is 1. The van der Waals surface area contributed by atoms with Crippen molar-refractivity contribution in [1.29, 1.82) is 0 Å². The fourth-order valence-electron chi connectivity index (χ4n) is 3.43. The second-order valence-corrected chi connectivity index (χ2v) is 5.94. The number of hydrogen-bond donors (Lipinski definition) is 1. The van der Waals surface area contributed by atoms with Gasteiger partial charge in [0.15, 0.2) is 11.6 Å². The van der Waals surface area contributed by atoms with Crippen LogP contribution in [0.25, 0.3) is 0 Å². The average Bonchev–Trinajstić information content (AvgIpc) is 2.81. The van der Waals surface area contributed by atoms with Crippen molar-refractivity contribution in [2.45, 2.75) is 44.2 Å². The molecular weight excluding hydrogens is 272 g/mol. The smallest absolute Gasteiger partial charge is 0.162 e. The van der Waals surface area contributed by atoms with Crippen LogP contribution in [-0.4, -0.2) is 35.9 Å². The molecule has 0 amide bonds. The fourth-order valence-corrected chi connectivity index (χ4v) is 3.43. The van der Waals surface area contributed by atoms with Gasteiger partial charge in [0.1, 0.15) is 5.84 Å². The third kappa shape index (κ3) is 2.55. The molecule has 0 bridgehead atoms. The summed E-state index contributed by atoms with van der Waals surface area (Å²) >= 11 is 0. The van der Waals surface area contributed by atoms with Crippen molar-refractivity contribution in [2.75, 3.05) is 13.1 Å². The summed E-state index contributed by atoms with van der Waals surface area (Å²) in [6.07, 6.45) is 2.50. The molecule has 0 radical (unpaired) electrons. The molecule has 3 nitrogen and oxygen atoms in total. The van der Waals surface area contributed by atoms with Crippen LogP contribution in [0.2, 0.25) is 0 Å². The first-order valence-corrected chi connectivity index (χ1v) is 7.62. The molecule has 1 fully saturated rings. The largest absolute Gasteiger partial charge is 0.354 e. The molecule has 2 heterocycles. The van der Waals surface area contributed by atoms with Crippen LogP contribution in [0.5, 0.6) is 0 Å². The molecule has 1 unspecified atom stereocenters. The van der Waals surface area contributed by atoms with Crippen molar-refractivity contribution in [1.82, 2.24) is 4.90 Å². The van der Waals surface area contributed by atoms with Gasteiger partial charge in [-0.25, -0.2) is 8.78 Å². The Kier molecular flexibility index (Phi) is 3.93. The lowest BCUT2D eigenvalue weighted by Gasteiger charge is -2.30. The van der Waals surface area contributed by atoms with E-state index in [0.29, 0.717) is 18.2 Å². The molecule has 1 saturated heterocycles. The van der Waals surface area contributed by atoms with E-state index in [4.69, 9.17) is 5.73 Å². The van der Waals surface area contributed by atoms with Crippen LogP contribution < -0.4 is 5.73 Å².